The lowest BCUT2D eigenvalue weighted by molar-refractivity contribution is 0.282. The number of rotatable bonds is 4. The molecule has 0 aromatic heterocycles. The molecule has 0 atom stereocenters. The molecule has 0 unspecified atom stereocenters. The van der Waals surface area contributed by atoms with Gasteiger partial charge in [0.2, 0.25) is 0 Å². The molecule has 1 saturated carbocycles. The summed E-state index contributed by atoms with van der Waals surface area (Å²) in [7, 11) is 2.14. The minimum Gasteiger partial charge on any atom is -0.392 e. The van der Waals surface area contributed by atoms with Crippen molar-refractivity contribution < 1.29 is 5.11 Å². The summed E-state index contributed by atoms with van der Waals surface area (Å²) in [5, 5.41) is 9.05. The third-order valence-electron chi connectivity index (χ3n) is 3.36. The summed E-state index contributed by atoms with van der Waals surface area (Å²) in [6.45, 7) is 1.24. The van der Waals surface area contributed by atoms with E-state index in [1.54, 1.807) is 0 Å². The number of aliphatic hydroxyl groups excluding tert-OH is 1. The Morgan fingerprint density at radius 3 is 2.69 bits per heavy atom. The fraction of sp³-hybridized carbons (Fsp3) is 0.538. The third kappa shape index (κ3) is 2.58. The van der Waals surface area contributed by atoms with Gasteiger partial charge in [-0.25, -0.2) is 0 Å². The molecule has 0 radical (unpaired) electrons. The molecule has 0 spiro atoms. The summed E-state index contributed by atoms with van der Waals surface area (Å²) >= 11 is 3.57. The van der Waals surface area contributed by atoms with E-state index in [9.17, 15) is 0 Å². The molecule has 0 aliphatic heterocycles. The second-order valence-electron chi connectivity index (χ2n) is 4.62. The van der Waals surface area contributed by atoms with Crippen LogP contribution >= 0.6 is 15.9 Å². The quantitative estimate of drug-likeness (QED) is 0.918. The van der Waals surface area contributed by atoms with Crippen LogP contribution < -0.4 is 4.90 Å². The Kier molecular flexibility index (Phi) is 3.87. The Labute approximate surface area is 105 Å². The first-order valence-corrected chi connectivity index (χ1v) is 6.60. The van der Waals surface area contributed by atoms with Crippen molar-refractivity contribution in [3.8, 4) is 0 Å². The zero-order chi connectivity index (χ0) is 11.5. The highest BCUT2D eigenvalue weighted by molar-refractivity contribution is 9.10. The number of hydrogen-bond acceptors (Lipinski definition) is 2. The third-order valence-corrected chi connectivity index (χ3v) is 4.00. The van der Waals surface area contributed by atoms with E-state index in [4.69, 9.17) is 5.11 Å². The lowest BCUT2D eigenvalue weighted by Crippen LogP contribution is -2.29. The molecule has 1 aliphatic carbocycles. The van der Waals surface area contributed by atoms with Crippen LogP contribution in [0.25, 0.3) is 0 Å². The number of anilines is 1. The number of hydrogen-bond donors (Lipinski definition) is 1. The standard InChI is InChI=1S/C13H18BrNO/c1-15(8-10-3-2-4-10)13-6-5-11(9-16)7-12(13)14/h5-7,10,16H,2-4,8-9H2,1H3. The van der Waals surface area contributed by atoms with Crippen LogP contribution in [-0.4, -0.2) is 18.7 Å². The molecule has 88 valence electrons. The van der Waals surface area contributed by atoms with Crippen LogP contribution in [0.5, 0.6) is 0 Å². The van der Waals surface area contributed by atoms with E-state index < -0.39 is 0 Å². The van der Waals surface area contributed by atoms with Crippen LogP contribution in [0.15, 0.2) is 22.7 Å². The molecule has 1 fully saturated rings. The largest absolute Gasteiger partial charge is 0.392 e. The highest BCUT2D eigenvalue weighted by atomic mass is 79.9. The van der Waals surface area contributed by atoms with Crippen molar-refractivity contribution in [3.63, 3.8) is 0 Å². The van der Waals surface area contributed by atoms with Crippen molar-refractivity contribution in [1.82, 2.24) is 0 Å². The predicted octanol–water partition coefficient (Wildman–Crippen LogP) is 3.18. The maximum Gasteiger partial charge on any atom is 0.0682 e. The van der Waals surface area contributed by atoms with Crippen LogP contribution in [-0.2, 0) is 6.61 Å². The molecule has 0 bridgehead atoms. The molecular formula is C13H18BrNO. The zero-order valence-electron chi connectivity index (χ0n) is 9.62. The lowest BCUT2D eigenvalue weighted by atomic mass is 9.85. The molecule has 2 rings (SSSR count). The summed E-state index contributed by atoms with van der Waals surface area (Å²) in [4.78, 5) is 2.30. The molecule has 1 N–H and O–H groups in total. The summed E-state index contributed by atoms with van der Waals surface area (Å²) in [5.41, 5.74) is 2.16. The number of aliphatic hydroxyl groups is 1. The number of halogens is 1. The van der Waals surface area contributed by atoms with Crippen molar-refractivity contribution in [3.05, 3.63) is 28.2 Å². The van der Waals surface area contributed by atoms with Crippen LogP contribution in [0, 0.1) is 5.92 Å². The van der Waals surface area contributed by atoms with E-state index in [1.807, 2.05) is 12.1 Å². The van der Waals surface area contributed by atoms with Gasteiger partial charge in [-0.15, -0.1) is 0 Å². The van der Waals surface area contributed by atoms with Gasteiger partial charge >= 0.3 is 0 Å². The van der Waals surface area contributed by atoms with Gasteiger partial charge in [0.05, 0.1) is 12.3 Å². The molecule has 1 aromatic carbocycles. The van der Waals surface area contributed by atoms with Gasteiger partial charge in [-0.05, 0) is 52.4 Å². The molecule has 0 saturated heterocycles. The average molecular weight is 284 g/mol. The van der Waals surface area contributed by atoms with E-state index in [1.165, 1.54) is 24.9 Å². The number of nitrogens with zero attached hydrogens (tertiary/aromatic N) is 1. The normalized spacial score (nSPS) is 15.9. The van der Waals surface area contributed by atoms with Gasteiger partial charge in [0.25, 0.3) is 0 Å². The van der Waals surface area contributed by atoms with Crippen LogP contribution in [0.4, 0.5) is 5.69 Å². The van der Waals surface area contributed by atoms with Crippen molar-refractivity contribution in [2.45, 2.75) is 25.9 Å². The predicted molar refractivity (Wildman–Crippen MR) is 70.7 cm³/mol. The van der Waals surface area contributed by atoms with Crippen LogP contribution in [0.2, 0.25) is 0 Å². The smallest absolute Gasteiger partial charge is 0.0682 e. The van der Waals surface area contributed by atoms with Crippen molar-refractivity contribution >= 4 is 21.6 Å². The van der Waals surface area contributed by atoms with Gasteiger partial charge in [-0.3, -0.25) is 0 Å². The molecule has 16 heavy (non-hydrogen) atoms. The maximum atomic E-state index is 9.05. The second kappa shape index (κ2) is 5.19. The minimum absolute atomic E-state index is 0.102. The van der Waals surface area contributed by atoms with Crippen molar-refractivity contribution in [2.24, 2.45) is 5.92 Å². The topological polar surface area (TPSA) is 23.5 Å². The van der Waals surface area contributed by atoms with E-state index in [0.717, 1.165) is 22.5 Å². The Hall–Kier alpha value is -0.540. The highest BCUT2D eigenvalue weighted by Gasteiger charge is 2.19. The molecule has 1 aliphatic rings. The fourth-order valence-electron chi connectivity index (χ4n) is 2.12. The first-order chi connectivity index (χ1) is 7.70. The average Bonchev–Trinajstić information content (AvgIpc) is 2.23. The van der Waals surface area contributed by atoms with E-state index in [2.05, 4.69) is 33.9 Å². The van der Waals surface area contributed by atoms with Gasteiger partial charge in [-0.1, -0.05) is 12.5 Å². The van der Waals surface area contributed by atoms with Crippen molar-refractivity contribution in [2.75, 3.05) is 18.5 Å². The summed E-state index contributed by atoms with van der Waals surface area (Å²) in [6.07, 6.45) is 4.14. The van der Waals surface area contributed by atoms with Gasteiger partial charge in [-0.2, -0.15) is 0 Å². The van der Waals surface area contributed by atoms with Gasteiger partial charge in [0.15, 0.2) is 0 Å². The zero-order valence-corrected chi connectivity index (χ0v) is 11.2. The molecular weight excluding hydrogens is 266 g/mol. The van der Waals surface area contributed by atoms with Gasteiger partial charge in [0.1, 0.15) is 0 Å². The molecule has 2 nitrogen and oxygen atoms in total. The van der Waals surface area contributed by atoms with Crippen LogP contribution in [0.1, 0.15) is 24.8 Å². The fourth-order valence-corrected chi connectivity index (χ4v) is 2.85. The Balaban J connectivity index is 2.06. The van der Waals surface area contributed by atoms with E-state index in [0.29, 0.717) is 0 Å². The first kappa shape index (κ1) is 11.9. The molecule has 0 amide bonds. The summed E-state index contributed by atoms with van der Waals surface area (Å²) in [6, 6.07) is 6.05. The molecule has 1 aromatic rings. The van der Waals surface area contributed by atoms with Gasteiger partial charge < -0.3 is 10.0 Å². The summed E-state index contributed by atoms with van der Waals surface area (Å²) in [5.74, 6) is 0.870. The number of benzene rings is 1. The first-order valence-electron chi connectivity index (χ1n) is 5.81. The monoisotopic (exact) mass is 283 g/mol. The molecule has 0 heterocycles. The summed E-state index contributed by atoms with van der Waals surface area (Å²) < 4.78 is 1.07. The Bertz CT molecular complexity index is 363. The lowest BCUT2D eigenvalue weighted by Gasteiger charge is -2.31. The maximum absolute atomic E-state index is 9.05. The minimum atomic E-state index is 0.102. The SMILES string of the molecule is CN(CC1CCC1)c1ccc(CO)cc1Br. The van der Waals surface area contributed by atoms with Gasteiger partial charge in [0, 0.05) is 18.1 Å². The highest BCUT2D eigenvalue weighted by Crippen LogP contribution is 2.31. The molecule has 3 heteroatoms. The van der Waals surface area contributed by atoms with E-state index >= 15 is 0 Å². The Morgan fingerprint density at radius 2 is 2.19 bits per heavy atom. The second-order valence-corrected chi connectivity index (χ2v) is 5.48. The van der Waals surface area contributed by atoms with E-state index in [-0.39, 0.29) is 6.61 Å². The van der Waals surface area contributed by atoms with Crippen LogP contribution in [0.3, 0.4) is 0 Å². The van der Waals surface area contributed by atoms with Crippen molar-refractivity contribution in [1.29, 1.82) is 0 Å². The Morgan fingerprint density at radius 1 is 1.44 bits per heavy atom.